The van der Waals surface area contributed by atoms with Crippen LogP contribution in [-0.2, 0) is 17.8 Å². The van der Waals surface area contributed by atoms with Gasteiger partial charge in [0, 0.05) is 50.7 Å². The van der Waals surface area contributed by atoms with Crippen LogP contribution >= 0.6 is 0 Å². The number of methoxy groups -OCH3 is 1. The quantitative estimate of drug-likeness (QED) is 0.813. The van der Waals surface area contributed by atoms with Crippen molar-refractivity contribution in [1.82, 2.24) is 19.8 Å². The number of hydrogen-bond donors (Lipinski definition) is 1. The van der Waals surface area contributed by atoms with E-state index >= 15 is 0 Å². The lowest BCUT2D eigenvalue weighted by Crippen LogP contribution is -2.39. The largest absolute Gasteiger partial charge is 0.497 e. The molecule has 0 bridgehead atoms. The van der Waals surface area contributed by atoms with Crippen LogP contribution in [0.15, 0.2) is 24.3 Å². The van der Waals surface area contributed by atoms with Gasteiger partial charge in [0.25, 0.3) is 5.91 Å². The number of anilines is 1. The maximum Gasteiger partial charge on any atom is 0.254 e. The fourth-order valence-electron chi connectivity index (χ4n) is 4.42. The second-order valence-corrected chi connectivity index (χ2v) is 8.12. The number of piperidine rings is 1. The van der Waals surface area contributed by atoms with Gasteiger partial charge in [0.05, 0.1) is 19.3 Å². The van der Waals surface area contributed by atoms with Crippen molar-refractivity contribution in [2.75, 3.05) is 39.1 Å². The molecule has 2 aromatic rings. The number of amides is 2. The van der Waals surface area contributed by atoms with Gasteiger partial charge in [-0.3, -0.25) is 9.59 Å². The first-order valence-electron chi connectivity index (χ1n) is 10.8. The first-order valence-corrected chi connectivity index (χ1v) is 10.8. The lowest BCUT2D eigenvalue weighted by Gasteiger charge is -2.33. The molecule has 1 saturated heterocycles. The molecule has 2 amide bonds. The Labute approximate surface area is 182 Å². The minimum absolute atomic E-state index is 0.0314. The standard InChI is InChI=1S/C23H29N5O3/c1-15(29)27-10-5-7-17(13-27)21-25-20-14-28(11-9-19(20)22(24-2)26-21)23(30)16-6-4-8-18(12-16)31-3/h4,6,8,12,17H,5,7,9-11,13-14H2,1-3H3,(H,24,25,26)/t17-/m1/s1. The first-order chi connectivity index (χ1) is 15.0. The van der Waals surface area contributed by atoms with Gasteiger partial charge in [-0.15, -0.1) is 0 Å². The molecule has 0 aliphatic carbocycles. The molecule has 3 heterocycles. The van der Waals surface area contributed by atoms with Gasteiger partial charge in [0.15, 0.2) is 0 Å². The number of nitrogens with one attached hydrogen (secondary N) is 1. The number of ether oxygens (including phenoxy) is 1. The van der Waals surface area contributed by atoms with Crippen LogP contribution in [0.4, 0.5) is 5.82 Å². The maximum absolute atomic E-state index is 13.1. The average Bonchev–Trinajstić information content (AvgIpc) is 2.82. The van der Waals surface area contributed by atoms with Crippen molar-refractivity contribution in [3.05, 3.63) is 46.9 Å². The van der Waals surface area contributed by atoms with Gasteiger partial charge in [0.1, 0.15) is 17.4 Å². The van der Waals surface area contributed by atoms with E-state index in [9.17, 15) is 9.59 Å². The third kappa shape index (κ3) is 4.33. The SMILES string of the molecule is CNc1nc([C@@H]2CCCN(C(C)=O)C2)nc2c1CCN(C(=O)c1cccc(OC)c1)C2. The van der Waals surface area contributed by atoms with Gasteiger partial charge in [-0.05, 0) is 37.5 Å². The summed E-state index contributed by atoms with van der Waals surface area (Å²) in [6.45, 7) is 4.10. The van der Waals surface area contributed by atoms with Crippen LogP contribution in [0.5, 0.6) is 5.75 Å². The number of likely N-dealkylation sites (tertiary alicyclic amines) is 1. The molecular weight excluding hydrogens is 394 g/mol. The minimum atomic E-state index is -0.0314. The molecule has 164 valence electrons. The number of aromatic nitrogens is 2. The third-order valence-electron chi connectivity index (χ3n) is 6.15. The van der Waals surface area contributed by atoms with Crippen molar-refractivity contribution < 1.29 is 14.3 Å². The predicted octanol–water partition coefficient (Wildman–Crippen LogP) is 2.45. The summed E-state index contributed by atoms with van der Waals surface area (Å²) in [5, 5.41) is 3.21. The molecule has 0 saturated carbocycles. The van der Waals surface area contributed by atoms with E-state index in [1.165, 1.54) is 0 Å². The zero-order valence-corrected chi connectivity index (χ0v) is 18.4. The number of carbonyl (C=O) groups excluding carboxylic acids is 2. The minimum Gasteiger partial charge on any atom is -0.497 e. The molecule has 4 rings (SSSR count). The molecular formula is C23H29N5O3. The van der Waals surface area contributed by atoms with E-state index in [-0.39, 0.29) is 17.7 Å². The van der Waals surface area contributed by atoms with Gasteiger partial charge in [0.2, 0.25) is 5.91 Å². The van der Waals surface area contributed by atoms with E-state index in [2.05, 4.69) is 5.32 Å². The molecule has 0 unspecified atom stereocenters. The molecule has 8 nitrogen and oxygen atoms in total. The van der Waals surface area contributed by atoms with E-state index in [0.29, 0.717) is 37.4 Å². The number of rotatable bonds is 4. The Hall–Kier alpha value is -3.16. The smallest absolute Gasteiger partial charge is 0.254 e. The maximum atomic E-state index is 13.1. The predicted molar refractivity (Wildman–Crippen MR) is 117 cm³/mol. The van der Waals surface area contributed by atoms with Gasteiger partial charge < -0.3 is 19.9 Å². The molecule has 2 aliphatic heterocycles. The van der Waals surface area contributed by atoms with Crippen molar-refractivity contribution in [2.24, 2.45) is 0 Å². The van der Waals surface area contributed by atoms with E-state index in [0.717, 1.165) is 42.3 Å². The van der Waals surface area contributed by atoms with Crippen LogP contribution in [0, 0.1) is 0 Å². The Morgan fingerprint density at radius 2 is 2.03 bits per heavy atom. The molecule has 1 N–H and O–H groups in total. The molecule has 1 atom stereocenters. The average molecular weight is 424 g/mol. The Balaban J connectivity index is 1.59. The second kappa shape index (κ2) is 8.91. The Morgan fingerprint density at radius 1 is 1.19 bits per heavy atom. The van der Waals surface area contributed by atoms with Crippen LogP contribution in [0.2, 0.25) is 0 Å². The van der Waals surface area contributed by atoms with Crippen LogP contribution < -0.4 is 10.1 Å². The van der Waals surface area contributed by atoms with E-state index in [1.807, 2.05) is 35.0 Å². The highest BCUT2D eigenvalue weighted by Gasteiger charge is 2.30. The molecule has 0 spiro atoms. The molecule has 31 heavy (non-hydrogen) atoms. The van der Waals surface area contributed by atoms with Crippen molar-refractivity contribution >= 4 is 17.6 Å². The highest BCUT2D eigenvalue weighted by atomic mass is 16.5. The zero-order valence-electron chi connectivity index (χ0n) is 18.4. The number of benzene rings is 1. The molecule has 0 radical (unpaired) electrons. The molecule has 2 aliphatic rings. The van der Waals surface area contributed by atoms with Gasteiger partial charge in [-0.1, -0.05) is 6.07 Å². The Kier molecular flexibility index (Phi) is 6.06. The zero-order chi connectivity index (χ0) is 22.0. The summed E-state index contributed by atoms with van der Waals surface area (Å²) in [4.78, 5) is 38.3. The van der Waals surface area contributed by atoms with Crippen LogP contribution in [-0.4, -0.2) is 65.4 Å². The molecule has 1 fully saturated rings. The van der Waals surface area contributed by atoms with E-state index in [1.54, 1.807) is 20.1 Å². The van der Waals surface area contributed by atoms with E-state index in [4.69, 9.17) is 14.7 Å². The molecule has 1 aromatic carbocycles. The Bertz CT molecular complexity index is 993. The topological polar surface area (TPSA) is 87.7 Å². The molecule has 8 heteroatoms. The lowest BCUT2D eigenvalue weighted by molar-refractivity contribution is -0.130. The lowest BCUT2D eigenvalue weighted by atomic mass is 9.96. The summed E-state index contributed by atoms with van der Waals surface area (Å²) < 4.78 is 5.26. The van der Waals surface area contributed by atoms with E-state index < -0.39 is 0 Å². The summed E-state index contributed by atoms with van der Waals surface area (Å²) in [7, 11) is 3.46. The summed E-state index contributed by atoms with van der Waals surface area (Å²) in [6.07, 6.45) is 2.60. The first kappa shape index (κ1) is 21.1. The normalized spacial score (nSPS) is 18.4. The number of hydrogen-bond acceptors (Lipinski definition) is 6. The van der Waals surface area contributed by atoms with Crippen molar-refractivity contribution in [2.45, 2.75) is 38.6 Å². The molecule has 1 aromatic heterocycles. The second-order valence-electron chi connectivity index (χ2n) is 8.12. The van der Waals surface area contributed by atoms with Gasteiger partial charge in [-0.25, -0.2) is 9.97 Å². The third-order valence-corrected chi connectivity index (χ3v) is 6.15. The van der Waals surface area contributed by atoms with Crippen molar-refractivity contribution in [1.29, 1.82) is 0 Å². The van der Waals surface area contributed by atoms with Crippen LogP contribution in [0.3, 0.4) is 0 Å². The van der Waals surface area contributed by atoms with Gasteiger partial charge in [-0.2, -0.15) is 0 Å². The highest BCUT2D eigenvalue weighted by Crippen LogP contribution is 2.30. The van der Waals surface area contributed by atoms with Crippen molar-refractivity contribution in [3.8, 4) is 5.75 Å². The summed E-state index contributed by atoms with van der Waals surface area (Å²) >= 11 is 0. The fraction of sp³-hybridized carbons (Fsp3) is 0.478. The van der Waals surface area contributed by atoms with Crippen LogP contribution in [0.1, 0.15) is 53.1 Å². The number of fused-ring (bicyclic) bond motifs is 1. The number of nitrogens with zero attached hydrogens (tertiary/aromatic N) is 4. The summed E-state index contributed by atoms with van der Waals surface area (Å²) in [5.41, 5.74) is 2.56. The summed E-state index contributed by atoms with van der Waals surface area (Å²) in [5.74, 6) is 2.41. The fourth-order valence-corrected chi connectivity index (χ4v) is 4.42. The van der Waals surface area contributed by atoms with Gasteiger partial charge >= 0.3 is 0 Å². The Morgan fingerprint density at radius 3 is 2.77 bits per heavy atom. The van der Waals surface area contributed by atoms with Crippen molar-refractivity contribution in [3.63, 3.8) is 0 Å². The van der Waals surface area contributed by atoms with Crippen LogP contribution in [0.25, 0.3) is 0 Å². The highest BCUT2D eigenvalue weighted by molar-refractivity contribution is 5.94. The number of carbonyl (C=O) groups is 2. The monoisotopic (exact) mass is 423 g/mol. The summed E-state index contributed by atoms with van der Waals surface area (Å²) in [6, 6.07) is 7.23.